The molecule has 0 atom stereocenters. The summed E-state index contributed by atoms with van der Waals surface area (Å²) in [5.41, 5.74) is -0.877. The summed E-state index contributed by atoms with van der Waals surface area (Å²) in [7, 11) is 0. The van der Waals surface area contributed by atoms with Crippen molar-refractivity contribution in [3.63, 3.8) is 0 Å². The number of pyridine rings is 1. The number of carbonyl (C=O) groups excluding carboxylic acids is 2. The van der Waals surface area contributed by atoms with Gasteiger partial charge in [0.1, 0.15) is 5.82 Å². The van der Waals surface area contributed by atoms with Crippen LogP contribution in [0.4, 0.5) is 19.0 Å². The van der Waals surface area contributed by atoms with Crippen molar-refractivity contribution in [2.45, 2.75) is 45.7 Å². The van der Waals surface area contributed by atoms with Crippen molar-refractivity contribution < 1.29 is 22.8 Å². The summed E-state index contributed by atoms with van der Waals surface area (Å²) in [5.74, 6) is 0.910. The number of hydrogen-bond donors (Lipinski definition) is 0. The Balaban J connectivity index is 1.49. The lowest BCUT2D eigenvalue weighted by Crippen LogP contribution is -2.53. The number of hydrogen-bond acceptors (Lipinski definition) is 4. The van der Waals surface area contributed by atoms with E-state index >= 15 is 0 Å². The van der Waals surface area contributed by atoms with Crippen LogP contribution < -0.4 is 4.90 Å². The van der Waals surface area contributed by atoms with E-state index in [0.717, 1.165) is 18.7 Å². The van der Waals surface area contributed by atoms with E-state index < -0.39 is 11.7 Å². The number of halogens is 4. The third-order valence-electron chi connectivity index (χ3n) is 6.17. The number of aromatic nitrogens is 1. The number of amides is 2. The summed E-state index contributed by atoms with van der Waals surface area (Å²) < 4.78 is 38.5. The second kappa shape index (κ2) is 10.3. The second-order valence-electron chi connectivity index (χ2n) is 8.93. The molecular weight excluding hydrogens is 445 g/mol. The summed E-state index contributed by atoms with van der Waals surface area (Å²) in [6, 6.07) is 0.892. The van der Waals surface area contributed by atoms with E-state index in [-0.39, 0.29) is 22.8 Å². The average Bonchev–Trinajstić information content (AvgIpc) is 2.76. The first-order valence-corrected chi connectivity index (χ1v) is 11.5. The summed E-state index contributed by atoms with van der Waals surface area (Å²) in [5, 5.41) is -0.0390. The predicted octanol–water partition coefficient (Wildman–Crippen LogP) is 4.08. The molecule has 0 saturated carbocycles. The van der Waals surface area contributed by atoms with Gasteiger partial charge in [-0.25, -0.2) is 4.98 Å². The van der Waals surface area contributed by atoms with Crippen molar-refractivity contribution in [2.24, 2.45) is 11.8 Å². The maximum absolute atomic E-state index is 12.9. The lowest BCUT2D eigenvalue weighted by Gasteiger charge is -2.39. The quantitative estimate of drug-likeness (QED) is 0.645. The van der Waals surface area contributed by atoms with Gasteiger partial charge in [-0.1, -0.05) is 25.4 Å². The highest BCUT2D eigenvalue weighted by atomic mass is 35.5. The molecule has 0 spiro atoms. The Labute approximate surface area is 191 Å². The molecular formula is C22H30ClF3N4O2. The van der Waals surface area contributed by atoms with E-state index in [1.807, 2.05) is 14.7 Å². The Morgan fingerprint density at radius 3 is 2.22 bits per heavy atom. The largest absolute Gasteiger partial charge is 0.417 e. The highest BCUT2D eigenvalue weighted by molar-refractivity contribution is 6.33. The van der Waals surface area contributed by atoms with Gasteiger partial charge in [0.25, 0.3) is 0 Å². The Morgan fingerprint density at radius 2 is 1.69 bits per heavy atom. The maximum Gasteiger partial charge on any atom is 0.417 e. The van der Waals surface area contributed by atoms with Gasteiger partial charge < -0.3 is 14.7 Å². The summed E-state index contributed by atoms with van der Waals surface area (Å²) >= 11 is 6.06. The Morgan fingerprint density at radius 1 is 1.09 bits per heavy atom. The summed E-state index contributed by atoms with van der Waals surface area (Å²) in [6.45, 7) is 7.40. The van der Waals surface area contributed by atoms with Gasteiger partial charge in [-0.2, -0.15) is 13.2 Å². The molecule has 2 amide bonds. The van der Waals surface area contributed by atoms with Crippen LogP contribution in [0.5, 0.6) is 0 Å². The third kappa shape index (κ3) is 6.05. The fraction of sp³-hybridized carbons (Fsp3) is 0.682. The lowest BCUT2D eigenvalue weighted by atomic mass is 9.95. The molecule has 0 aliphatic carbocycles. The fourth-order valence-corrected chi connectivity index (χ4v) is 4.45. The van der Waals surface area contributed by atoms with Crippen LogP contribution in [-0.2, 0) is 15.8 Å². The van der Waals surface area contributed by atoms with Crippen LogP contribution in [0.2, 0.25) is 5.02 Å². The molecule has 0 bridgehead atoms. The van der Waals surface area contributed by atoms with Crippen LogP contribution >= 0.6 is 11.6 Å². The average molecular weight is 475 g/mol. The molecule has 0 radical (unpaired) electrons. The van der Waals surface area contributed by atoms with Gasteiger partial charge >= 0.3 is 6.18 Å². The Hall–Kier alpha value is -2.03. The number of carbonyl (C=O) groups is 2. The van der Waals surface area contributed by atoms with Gasteiger partial charge in [0.05, 0.1) is 10.6 Å². The Kier molecular flexibility index (Phi) is 7.90. The van der Waals surface area contributed by atoms with Crippen LogP contribution in [0.3, 0.4) is 0 Å². The van der Waals surface area contributed by atoms with Crippen molar-refractivity contribution in [3.8, 4) is 0 Å². The van der Waals surface area contributed by atoms with Crippen molar-refractivity contribution in [1.82, 2.24) is 14.8 Å². The number of nitrogens with zero attached hydrogens (tertiary/aromatic N) is 4. The minimum atomic E-state index is -4.49. The molecule has 6 nitrogen and oxygen atoms in total. The zero-order valence-corrected chi connectivity index (χ0v) is 19.3. The minimum Gasteiger partial charge on any atom is -0.355 e. The maximum atomic E-state index is 12.9. The first-order valence-electron chi connectivity index (χ1n) is 11.1. The molecule has 2 saturated heterocycles. The third-order valence-corrected chi connectivity index (χ3v) is 6.45. The molecule has 3 rings (SSSR count). The standard InChI is InChI=1S/C22H30ClF3N4O2/c1-15(2)3-4-19(31)28-9-11-30(12-10-28)21(32)16-5-7-29(8-6-16)20-18(23)13-17(14-27-20)22(24,25)26/h13-16H,3-12H2,1-2H3. The van der Waals surface area contributed by atoms with Crippen LogP contribution in [-0.4, -0.2) is 65.9 Å². The number of alkyl halides is 3. The highest BCUT2D eigenvalue weighted by Gasteiger charge is 2.34. The van der Waals surface area contributed by atoms with Crippen LogP contribution in [0.15, 0.2) is 12.3 Å². The molecule has 0 unspecified atom stereocenters. The minimum absolute atomic E-state index is 0.0390. The number of piperidine rings is 1. The number of rotatable bonds is 5. The van der Waals surface area contributed by atoms with Gasteiger partial charge in [0.15, 0.2) is 0 Å². The molecule has 10 heteroatoms. The van der Waals surface area contributed by atoms with E-state index in [1.165, 1.54) is 0 Å². The molecule has 0 N–H and O–H groups in total. The summed E-state index contributed by atoms with van der Waals surface area (Å²) in [6.07, 6.45) is -1.10. The van der Waals surface area contributed by atoms with E-state index in [9.17, 15) is 22.8 Å². The molecule has 3 heterocycles. The lowest BCUT2D eigenvalue weighted by molar-refractivity contribution is -0.142. The molecule has 0 aromatic carbocycles. The van der Waals surface area contributed by atoms with Gasteiger partial charge in [-0.15, -0.1) is 0 Å². The molecule has 178 valence electrons. The molecule has 1 aromatic rings. The smallest absolute Gasteiger partial charge is 0.355 e. The zero-order valence-electron chi connectivity index (χ0n) is 18.5. The summed E-state index contributed by atoms with van der Waals surface area (Å²) in [4.78, 5) is 34.7. The molecule has 1 aromatic heterocycles. The van der Waals surface area contributed by atoms with Crippen LogP contribution in [0.1, 0.15) is 45.1 Å². The molecule has 32 heavy (non-hydrogen) atoms. The van der Waals surface area contributed by atoms with Gasteiger partial charge in [0.2, 0.25) is 11.8 Å². The molecule has 2 aliphatic rings. The van der Waals surface area contributed by atoms with Gasteiger partial charge in [-0.05, 0) is 31.2 Å². The number of piperazine rings is 1. The van der Waals surface area contributed by atoms with E-state index in [4.69, 9.17) is 11.6 Å². The molecule has 2 fully saturated rings. The van der Waals surface area contributed by atoms with E-state index in [2.05, 4.69) is 18.8 Å². The normalized spacial score (nSPS) is 18.4. The van der Waals surface area contributed by atoms with E-state index in [0.29, 0.717) is 70.3 Å². The first-order chi connectivity index (χ1) is 15.1. The molecule has 2 aliphatic heterocycles. The van der Waals surface area contributed by atoms with Crippen molar-refractivity contribution >= 4 is 29.2 Å². The van der Waals surface area contributed by atoms with Crippen molar-refractivity contribution in [1.29, 1.82) is 0 Å². The van der Waals surface area contributed by atoms with Gasteiger partial charge in [0, 0.05) is 57.8 Å². The van der Waals surface area contributed by atoms with Crippen LogP contribution in [0.25, 0.3) is 0 Å². The van der Waals surface area contributed by atoms with Crippen LogP contribution in [0, 0.1) is 11.8 Å². The monoisotopic (exact) mass is 474 g/mol. The highest BCUT2D eigenvalue weighted by Crippen LogP contribution is 2.34. The predicted molar refractivity (Wildman–Crippen MR) is 116 cm³/mol. The number of anilines is 1. The zero-order chi connectivity index (χ0) is 23.5. The van der Waals surface area contributed by atoms with Crippen molar-refractivity contribution in [3.05, 3.63) is 22.8 Å². The SMILES string of the molecule is CC(C)CCC(=O)N1CCN(C(=O)C2CCN(c3ncc(C(F)(F)F)cc3Cl)CC2)CC1. The fourth-order valence-electron chi connectivity index (χ4n) is 4.16. The second-order valence-corrected chi connectivity index (χ2v) is 9.33. The van der Waals surface area contributed by atoms with Crippen molar-refractivity contribution in [2.75, 3.05) is 44.2 Å². The van der Waals surface area contributed by atoms with Gasteiger partial charge in [-0.3, -0.25) is 9.59 Å². The van der Waals surface area contributed by atoms with E-state index in [1.54, 1.807) is 0 Å². The topological polar surface area (TPSA) is 56.8 Å². The first kappa shape index (κ1) is 24.6. The Bertz CT molecular complexity index is 818.